The average Bonchev–Trinajstić information content (AvgIpc) is 3.16. The van der Waals surface area contributed by atoms with Gasteiger partial charge in [0.25, 0.3) is 0 Å². The number of nitrogens with one attached hydrogen (secondary N) is 1. The van der Waals surface area contributed by atoms with Crippen molar-refractivity contribution in [2.24, 2.45) is 0 Å². The van der Waals surface area contributed by atoms with Gasteiger partial charge in [-0.25, -0.2) is 4.79 Å². The molecule has 0 saturated carbocycles. The molecule has 1 aliphatic heterocycles. The summed E-state index contributed by atoms with van der Waals surface area (Å²) in [6, 6.07) is 12.0. The van der Waals surface area contributed by atoms with E-state index in [4.69, 9.17) is 16.7 Å². The van der Waals surface area contributed by atoms with E-state index in [0.29, 0.717) is 5.02 Å². The first kappa shape index (κ1) is 19.2. The lowest BCUT2D eigenvalue weighted by Crippen LogP contribution is -2.30. The maximum atomic E-state index is 12.5. The smallest absolute Gasteiger partial charge is 0.335 e. The molecule has 1 fully saturated rings. The number of halogens is 1. The highest BCUT2D eigenvalue weighted by Crippen LogP contribution is 2.31. The van der Waals surface area contributed by atoms with Gasteiger partial charge in [0.15, 0.2) is 0 Å². The summed E-state index contributed by atoms with van der Waals surface area (Å²) in [7, 11) is 0. The van der Waals surface area contributed by atoms with Crippen molar-refractivity contribution in [1.29, 1.82) is 0 Å². The third-order valence-electron chi connectivity index (χ3n) is 4.85. The molecular weight excluding hydrogens is 364 g/mol. The van der Waals surface area contributed by atoms with Crippen LogP contribution in [-0.2, 0) is 11.2 Å². The van der Waals surface area contributed by atoms with Gasteiger partial charge in [0, 0.05) is 23.8 Å². The molecule has 3 rings (SSSR count). The number of carboxylic acids is 1. The second-order valence-corrected chi connectivity index (χ2v) is 7.30. The lowest BCUT2D eigenvalue weighted by atomic mass is 10.0. The molecule has 1 heterocycles. The third kappa shape index (κ3) is 4.80. The molecule has 1 saturated heterocycles. The van der Waals surface area contributed by atoms with Gasteiger partial charge < -0.3 is 15.3 Å². The maximum absolute atomic E-state index is 12.5. The summed E-state index contributed by atoms with van der Waals surface area (Å²) >= 11 is 6.20. The molecule has 2 N–H and O–H groups in total. The molecule has 1 unspecified atom stereocenters. The van der Waals surface area contributed by atoms with Crippen molar-refractivity contribution in [2.45, 2.75) is 32.2 Å². The van der Waals surface area contributed by atoms with Crippen LogP contribution in [0.15, 0.2) is 42.5 Å². The van der Waals surface area contributed by atoms with E-state index in [-0.39, 0.29) is 23.9 Å². The van der Waals surface area contributed by atoms with Gasteiger partial charge in [0.05, 0.1) is 18.0 Å². The summed E-state index contributed by atoms with van der Waals surface area (Å²) < 4.78 is 0. The Bertz CT molecular complexity index is 830. The van der Waals surface area contributed by atoms with Crippen molar-refractivity contribution in [1.82, 2.24) is 5.32 Å². The van der Waals surface area contributed by atoms with E-state index >= 15 is 0 Å². The van der Waals surface area contributed by atoms with Gasteiger partial charge in [-0.2, -0.15) is 0 Å². The standard InChI is InChI=1S/C21H23ClN2O3/c1-14(18-13-17(22)8-9-19(18)24-10-2-3-11-24)23-20(25)12-15-4-6-16(7-5-15)21(26)27/h4-9,13-14H,2-3,10-12H2,1H3,(H,23,25)(H,26,27). The second-order valence-electron chi connectivity index (χ2n) is 6.87. The van der Waals surface area contributed by atoms with E-state index < -0.39 is 5.97 Å². The van der Waals surface area contributed by atoms with Crippen LogP contribution in [0.25, 0.3) is 0 Å². The van der Waals surface area contributed by atoms with Gasteiger partial charge in [-0.1, -0.05) is 23.7 Å². The van der Waals surface area contributed by atoms with E-state index in [1.54, 1.807) is 12.1 Å². The number of anilines is 1. The zero-order chi connectivity index (χ0) is 19.4. The van der Waals surface area contributed by atoms with Crippen molar-refractivity contribution in [3.63, 3.8) is 0 Å². The van der Waals surface area contributed by atoms with Gasteiger partial charge in [-0.15, -0.1) is 0 Å². The number of amides is 1. The predicted octanol–water partition coefficient (Wildman–Crippen LogP) is 4.06. The minimum absolute atomic E-state index is 0.113. The highest BCUT2D eigenvalue weighted by atomic mass is 35.5. The Kier molecular flexibility index (Phi) is 6.01. The Balaban J connectivity index is 1.69. The van der Waals surface area contributed by atoms with Gasteiger partial charge >= 0.3 is 5.97 Å². The summed E-state index contributed by atoms with van der Waals surface area (Å²) in [5.74, 6) is -1.09. The Labute approximate surface area is 163 Å². The van der Waals surface area contributed by atoms with E-state index in [2.05, 4.69) is 10.2 Å². The molecule has 2 aromatic rings. The molecular formula is C21H23ClN2O3. The monoisotopic (exact) mass is 386 g/mol. The number of carbonyl (C=O) groups excluding carboxylic acids is 1. The summed E-state index contributed by atoms with van der Waals surface area (Å²) in [5.41, 5.74) is 3.12. The lowest BCUT2D eigenvalue weighted by molar-refractivity contribution is -0.121. The van der Waals surface area contributed by atoms with Crippen LogP contribution in [0.2, 0.25) is 5.02 Å². The number of nitrogens with zero attached hydrogens (tertiary/aromatic N) is 1. The number of rotatable bonds is 6. The summed E-state index contributed by atoms with van der Waals surface area (Å²) in [6.45, 7) is 3.99. The molecule has 0 aromatic heterocycles. The SMILES string of the molecule is CC(NC(=O)Cc1ccc(C(=O)O)cc1)c1cc(Cl)ccc1N1CCCC1. The lowest BCUT2D eigenvalue weighted by Gasteiger charge is -2.25. The molecule has 6 heteroatoms. The van der Waals surface area contributed by atoms with Crippen LogP contribution in [0.1, 0.15) is 47.3 Å². The minimum atomic E-state index is -0.977. The fourth-order valence-corrected chi connectivity index (χ4v) is 3.62. The molecule has 1 atom stereocenters. The molecule has 0 spiro atoms. The van der Waals surface area contributed by atoms with Gasteiger partial charge in [0.1, 0.15) is 0 Å². The van der Waals surface area contributed by atoms with Crippen molar-refractivity contribution in [2.75, 3.05) is 18.0 Å². The number of hydrogen-bond acceptors (Lipinski definition) is 3. The molecule has 5 nitrogen and oxygen atoms in total. The van der Waals surface area contributed by atoms with Crippen LogP contribution in [0.3, 0.4) is 0 Å². The molecule has 27 heavy (non-hydrogen) atoms. The number of benzene rings is 2. The molecule has 0 aliphatic carbocycles. The second kappa shape index (κ2) is 8.44. The first-order chi connectivity index (χ1) is 12.9. The first-order valence-corrected chi connectivity index (χ1v) is 9.48. The topological polar surface area (TPSA) is 69.6 Å². The third-order valence-corrected chi connectivity index (χ3v) is 5.08. The van der Waals surface area contributed by atoms with Gasteiger partial charge in [0.2, 0.25) is 5.91 Å². The summed E-state index contributed by atoms with van der Waals surface area (Å²) in [6.07, 6.45) is 2.55. The molecule has 1 aliphatic rings. The molecule has 142 valence electrons. The zero-order valence-corrected chi connectivity index (χ0v) is 16.0. The van der Waals surface area contributed by atoms with E-state index in [9.17, 15) is 9.59 Å². The van der Waals surface area contributed by atoms with E-state index in [1.807, 2.05) is 25.1 Å². The van der Waals surface area contributed by atoms with Gasteiger partial charge in [-0.3, -0.25) is 4.79 Å². The van der Waals surface area contributed by atoms with Crippen LogP contribution in [-0.4, -0.2) is 30.1 Å². The highest BCUT2D eigenvalue weighted by Gasteiger charge is 2.20. The van der Waals surface area contributed by atoms with Crippen LogP contribution in [0.5, 0.6) is 0 Å². The molecule has 0 radical (unpaired) electrons. The maximum Gasteiger partial charge on any atom is 0.335 e. The molecule has 0 bridgehead atoms. The fraction of sp³-hybridized carbons (Fsp3) is 0.333. The quantitative estimate of drug-likeness (QED) is 0.785. The number of carbonyl (C=O) groups is 2. The predicted molar refractivity (Wildman–Crippen MR) is 107 cm³/mol. The van der Waals surface area contributed by atoms with Crippen LogP contribution < -0.4 is 10.2 Å². The van der Waals surface area contributed by atoms with Crippen molar-refractivity contribution in [3.8, 4) is 0 Å². The number of hydrogen-bond donors (Lipinski definition) is 2. The number of aromatic carboxylic acids is 1. The van der Waals surface area contributed by atoms with Crippen LogP contribution in [0.4, 0.5) is 5.69 Å². The van der Waals surface area contributed by atoms with Gasteiger partial charge in [-0.05, 0) is 61.2 Å². The van der Waals surface area contributed by atoms with Crippen molar-refractivity contribution < 1.29 is 14.7 Å². The Morgan fingerprint density at radius 2 is 1.81 bits per heavy atom. The summed E-state index contributed by atoms with van der Waals surface area (Å²) in [4.78, 5) is 25.7. The van der Waals surface area contributed by atoms with E-state index in [0.717, 1.165) is 29.9 Å². The van der Waals surface area contributed by atoms with Crippen molar-refractivity contribution >= 4 is 29.2 Å². The minimum Gasteiger partial charge on any atom is -0.478 e. The Morgan fingerprint density at radius 3 is 2.44 bits per heavy atom. The van der Waals surface area contributed by atoms with Crippen molar-refractivity contribution in [3.05, 3.63) is 64.2 Å². The zero-order valence-electron chi connectivity index (χ0n) is 15.2. The fourth-order valence-electron chi connectivity index (χ4n) is 3.44. The first-order valence-electron chi connectivity index (χ1n) is 9.10. The van der Waals surface area contributed by atoms with Crippen LogP contribution >= 0.6 is 11.6 Å². The van der Waals surface area contributed by atoms with E-state index in [1.165, 1.54) is 25.0 Å². The normalized spacial score (nSPS) is 14.8. The van der Waals surface area contributed by atoms with Crippen LogP contribution in [0, 0.1) is 0 Å². The molecule has 2 aromatic carbocycles. The largest absolute Gasteiger partial charge is 0.478 e. The highest BCUT2D eigenvalue weighted by molar-refractivity contribution is 6.30. The Hall–Kier alpha value is -2.53. The average molecular weight is 387 g/mol. The molecule has 1 amide bonds. The summed E-state index contributed by atoms with van der Waals surface area (Å²) in [5, 5.41) is 12.6. The Morgan fingerprint density at radius 1 is 1.15 bits per heavy atom. The number of carboxylic acid groups (broad SMARTS) is 1.